The Hall–Kier alpha value is -1.80. The average molecular weight is 352 g/mol. The van der Waals surface area contributed by atoms with E-state index in [0.29, 0.717) is 19.5 Å². The van der Waals surface area contributed by atoms with Crippen LogP contribution in [-0.4, -0.2) is 42.4 Å². The highest BCUT2D eigenvalue weighted by Crippen LogP contribution is 2.29. The van der Waals surface area contributed by atoms with E-state index in [2.05, 4.69) is 5.32 Å². The summed E-state index contributed by atoms with van der Waals surface area (Å²) in [5, 5.41) is 2.33. The van der Waals surface area contributed by atoms with Gasteiger partial charge in [0.2, 0.25) is 5.91 Å². The van der Waals surface area contributed by atoms with Gasteiger partial charge >= 0.3 is 6.18 Å². The number of benzene rings is 1. The van der Waals surface area contributed by atoms with Crippen molar-refractivity contribution in [1.29, 1.82) is 0 Å². The maximum atomic E-state index is 12.6. The summed E-state index contributed by atoms with van der Waals surface area (Å²) in [4.78, 5) is 25.2. The van der Waals surface area contributed by atoms with Gasteiger partial charge in [-0.3, -0.25) is 9.59 Å². The van der Waals surface area contributed by atoms with Gasteiger partial charge in [-0.05, 0) is 24.6 Å². The molecule has 0 radical (unpaired) electrons. The van der Waals surface area contributed by atoms with Crippen molar-refractivity contribution in [3.8, 4) is 0 Å². The minimum absolute atomic E-state index is 0. The Morgan fingerprint density at radius 2 is 2.04 bits per heavy atom. The van der Waals surface area contributed by atoms with Crippen LogP contribution >= 0.6 is 12.4 Å². The second-order valence-corrected chi connectivity index (χ2v) is 5.15. The molecule has 3 N–H and O–H groups in total. The maximum absolute atomic E-state index is 12.6. The number of amides is 2. The molecular formula is C14H17ClF3N3O2. The molecule has 23 heavy (non-hydrogen) atoms. The predicted molar refractivity (Wildman–Crippen MR) is 80.2 cm³/mol. The van der Waals surface area contributed by atoms with E-state index in [9.17, 15) is 22.8 Å². The van der Waals surface area contributed by atoms with Crippen LogP contribution in [-0.2, 0) is 11.0 Å². The quantitative estimate of drug-likeness (QED) is 0.864. The normalized spacial score (nSPS) is 17.6. The monoisotopic (exact) mass is 351 g/mol. The first-order chi connectivity index (χ1) is 10.3. The molecule has 5 nitrogen and oxygen atoms in total. The molecule has 128 valence electrons. The summed E-state index contributed by atoms with van der Waals surface area (Å²) >= 11 is 0. The second kappa shape index (κ2) is 7.65. The first-order valence-corrected chi connectivity index (χ1v) is 6.76. The minimum atomic E-state index is -4.52. The fourth-order valence-corrected chi connectivity index (χ4v) is 2.22. The summed E-state index contributed by atoms with van der Waals surface area (Å²) in [7, 11) is 0. The highest BCUT2D eigenvalue weighted by molar-refractivity contribution is 5.96. The van der Waals surface area contributed by atoms with Gasteiger partial charge in [0.15, 0.2) is 0 Å². The van der Waals surface area contributed by atoms with E-state index >= 15 is 0 Å². The van der Waals surface area contributed by atoms with E-state index in [1.54, 1.807) is 0 Å². The van der Waals surface area contributed by atoms with Gasteiger partial charge in [-0.15, -0.1) is 12.4 Å². The van der Waals surface area contributed by atoms with Crippen LogP contribution in [0, 0.1) is 0 Å². The van der Waals surface area contributed by atoms with Gasteiger partial charge in [-0.25, -0.2) is 0 Å². The summed E-state index contributed by atoms with van der Waals surface area (Å²) in [5.41, 5.74) is 4.64. The number of alkyl halides is 3. The lowest BCUT2D eigenvalue weighted by Crippen LogP contribution is -2.40. The summed E-state index contributed by atoms with van der Waals surface area (Å²) in [6.07, 6.45) is -3.81. The Morgan fingerprint density at radius 1 is 1.35 bits per heavy atom. The van der Waals surface area contributed by atoms with Crippen LogP contribution in [0.1, 0.15) is 22.3 Å². The first kappa shape index (κ1) is 19.2. The minimum Gasteiger partial charge on any atom is -0.343 e. The molecule has 0 saturated carbocycles. The Kier molecular flexibility index (Phi) is 6.40. The number of carbonyl (C=O) groups excluding carboxylic acids is 2. The molecule has 2 rings (SSSR count). The molecule has 0 aliphatic carbocycles. The summed E-state index contributed by atoms with van der Waals surface area (Å²) in [6, 6.07) is 3.99. The van der Waals surface area contributed by atoms with E-state index in [0.717, 1.165) is 18.2 Å². The third-order valence-electron chi connectivity index (χ3n) is 3.43. The smallest absolute Gasteiger partial charge is 0.343 e. The van der Waals surface area contributed by atoms with Gasteiger partial charge in [0.05, 0.1) is 12.1 Å². The van der Waals surface area contributed by atoms with Crippen molar-refractivity contribution >= 4 is 24.2 Å². The predicted octanol–water partition coefficient (Wildman–Crippen LogP) is 1.42. The largest absolute Gasteiger partial charge is 0.416 e. The van der Waals surface area contributed by atoms with Gasteiger partial charge in [-0.2, -0.15) is 13.2 Å². The second-order valence-electron chi connectivity index (χ2n) is 5.15. The van der Waals surface area contributed by atoms with Crippen LogP contribution in [0.4, 0.5) is 13.2 Å². The van der Waals surface area contributed by atoms with Gasteiger partial charge in [-0.1, -0.05) is 6.07 Å². The Bertz CT molecular complexity index is 581. The number of hydrogen-bond acceptors (Lipinski definition) is 3. The fourth-order valence-electron chi connectivity index (χ4n) is 2.22. The molecule has 1 aromatic rings. The van der Waals surface area contributed by atoms with E-state index in [1.165, 1.54) is 11.0 Å². The molecule has 0 unspecified atom stereocenters. The van der Waals surface area contributed by atoms with Crippen molar-refractivity contribution in [2.75, 3.05) is 19.6 Å². The van der Waals surface area contributed by atoms with Crippen LogP contribution in [0.2, 0.25) is 0 Å². The molecule has 0 bridgehead atoms. The molecule has 0 aromatic heterocycles. The Morgan fingerprint density at radius 3 is 2.61 bits per heavy atom. The number of carbonyl (C=O) groups is 2. The van der Waals surface area contributed by atoms with Crippen molar-refractivity contribution < 1.29 is 22.8 Å². The van der Waals surface area contributed by atoms with Crippen molar-refractivity contribution in [2.24, 2.45) is 5.73 Å². The van der Waals surface area contributed by atoms with E-state index in [-0.39, 0.29) is 36.5 Å². The average Bonchev–Trinajstić information content (AvgIpc) is 2.90. The molecule has 1 atom stereocenters. The third kappa shape index (κ3) is 5.11. The van der Waals surface area contributed by atoms with Crippen molar-refractivity contribution in [3.05, 3.63) is 35.4 Å². The Balaban J connectivity index is 0.00000264. The molecule has 9 heteroatoms. The molecule has 1 aromatic carbocycles. The highest BCUT2D eigenvalue weighted by atomic mass is 35.5. The maximum Gasteiger partial charge on any atom is 0.416 e. The highest BCUT2D eigenvalue weighted by Gasteiger charge is 2.31. The van der Waals surface area contributed by atoms with E-state index < -0.39 is 17.6 Å². The van der Waals surface area contributed by atoms with Crippen LogP contribution in [0.3, 0.4) is 0 Å². The van der Waals surface area contributed by atoms with Crippen molar-refractivity contribution in [2.45, 2.75) is 18.6 Å². The Labute approximate surface area is 137 Å². The van der Waals surface area contributed by atoms with Crippen molar-refractivity contribution in [1.82, 2.24) is 10.2 Å². The van der Waals surface area contributed by atoms with Gasteiger partial charge < -0.3 is 16.0 Å². The molecule has 1 fully saturated rings. The fraction of sp³-hybridized carbons (Fsp3) is 0.429. The number of nitrogens with one attached hydrogen (secondary N) is 1. The van der Waals surface area contributed by atoms with Gasteiger partial charge in [0, 0.05) is 24.7 Å². The zero-order chi connectivity index (χ0) is 16.3. The SMILES string of the molecule is Cl.N[C@H]1CCN(C(=O)CNC(=O)c2cccc(C(F)(F)F)c2)C1. The van der Waals surface area contributed by atoms with Crippen LogP contribution in [0.15, 0.2) is 24.3 Å². The van der Waals surface area contributed by atoms with Gasteiger partial charge in [0.1, 0.15) is 0 Å². The molecule has 1 heterocycles. The van der Waals surface area contributed by atoms with Crippen molar-refractivity contribution in [3.63, 3.8) is 0 Å². The zero-order valence-electron chi connectivity index (χ0n) is 12.1. The number of nitrogens with two attached hydrogens (primary N) is 1. The molecule has 0 spiro atoms. The lowest BCUT2D eigenvalue weighted by atomic mass is 10.1. The lowest BCUT2D eigenvalue weighted by Gasteiger charge is -2.16. The number of likely N-dealkylation sites (tertiary alicyclic amines) is 1. The summed E-state index contributed by atoms with van der Waals surface area (Å²) in [6.45, 7) is 0.694. The molecule has 1 aliphatic rings. The molecule has 1 saturated heterocycles. The standard InChI is InChI=1S/C14H16F3N3O2.ClH/c15-14(16,17)10-3-1-2-9(6-10)13(22)19-7-12(21)20-5-4-11(18)8-20;/h1-3,6,11H,4-5,7-8,18H2,(H,19,22);1H/t11-;/m0./s1. The number of halogens is 4. The number of rotatable bonds is 3. The third-order valence-corrected chi connectivity index (χ3v) is 3.43. The summed E-state index contributed by atoms with van der Waals surface area (Å²) < 4.78 is 37.7. The first-order valence-electron chi connectivity index (χ1n) is 6.76. The van der Waals surface area contributed by atoms with E-state index in [4.69, 9.17) is 5.73 Å². The zero-order valence-corrected chi connectivity index (χ0v) is 12.9. The summed E-state index contributed by atoms with van der Waals surface area (Å²) in [5.74, 6) is -1.02. The molecule has 2 amide bonds. The van der Waals surface area contributed by atoms with Crippen LogP contribution in [0.25, 0.3) is 0 Å². The molecule has 1 aliphatic heterocycles. The molecular weight excluding hydrogens is 335 g/mol. The lowest BCUT2D eigenvalue weighted by molar-refractivity contribution is -0.137. The van der Waals surface area contributed by atoms with Crippen LogP contribution < -0.4 is 11.1 Å². The topological polar surface area (TPSA) is 75.4 Å². The van der Waals surface area contributed by atoms with E-state index in [1.807, 2.05) is 0 Å². The van der Waals surface area contributed by atoms with Gasteiger partial charge in [0.25, 0.3) is 5.91 Å². The number of hydrogen-bond donors (Lipinski definition) is 2. The van der Waals surface area contributed by atoms with Crippen LogP contribution in [0.5, 0.6) is 0 Å². The number of nitrogens with zero attached hydrogens (tertiary/aromatic N) is 1.